The Labute approximate surface area is 111 Å². The number of ether oxygens (including phenoxy) is 1. The molecule has 3 nitrogen and oxygen atoms in total. The number of rotatable bonds is 4. The fourth-order valence-electron chi connectivity index (χ4n) is 3.30. The summed E-state index contributed by atoms with van der Waals surface area (Å²) in [6, 6.07) is 0. The summed E-state index contributed by atoms with van der Waals surface area (Å²) in [6.07, 6.45) is 4.96. The number of hydrogen-bond acceptors (Lipinski definition) is 3. The first kappa shape index (κ1) is 15.5. The first-order valence-corrected chi connectivity index (χ1v) is 7.07. The smallest absolute Gasteiger partial charge is 0.306 e. The van der Waals surface area contributed by atoms with Crippen LogP contribution in [0, 0.1) is 17.3 Å². The second-order valence-electron chi connectivity index (χ2n) is 6.86. The molecule has 1 fully saturated rings. The first-order valence-electron chi connectivity index (χ1n) is 7.07. The lowest BCUT2D eigenvalue weighted by Crippen LogP contribution is -2.54. The Morgan fingerprint density at radius 2 is 2.11 bits per heavy atom. The van der Waals surface area contributed by atoms with Crippen molar-refractivity contribution in [2.75, 3.05) is 7.11 Å². The molecular formula is C15H29NO2. The van der Waals surface area contributed by atoms with Gasteiger partial charge in [-0.3, -0.25) is 4.79 Å². The van der Waals surface area contributed by atoms with E-state index in [2.05, 4.69) is 27.7 Å². The minimum Gasteiger partial charge on any atom is -0.469 e. The van der Waals surface area contributed by atoms with Crippen LogP contribution in [0.3, 0.4) is 0 Å². The van der Waals surface area contributed by atoms with Crippen LogP contribution in [-0.2, 0) is 9.53 Å². The number of nitrogens with two attached hydrogens (primary N) is 1. The standard InChI is InChI=1S/C15H29NO2/c1-11(2)12-7-6-8-15(9-12,14(3,4)16)10-13(17)18-5/h11-12H,6-10,16H2,1-5H3. The van der Waals surface area contributed by atoms with E-state index in [4.69, 9.17) is 10.5 Å². The molecule has 3 heteroatoms. The van der Waals surface area contributed by atoms with Crippen molar-refractivity contribution < 1.29 is 9.53 Å². The third kappa shape index (κ3) is 3.25. The number of methoxy groups -OCH3 is 1. The molecule has 1 aliphatic carbocycles. The van der Waals surface area contributed by atoms with Gasteiger partial charge in [-0.05, 0) is 43.9 Å². The predicted molar refractivity (Wildman–Crippen MR) is 74.1 cm³/mol. The normalized spacial score (nSPS) is 29.4. The van der Waals surface area contributed by atoms with Crippen LogP contribution in [0.4, 0.5) is 0 Å². The van der Waals surface area contributed by atoms with Gasteiger partial charge in [0.2, 0.25) is 0 Å². The van der Waals surface area contributed by atoms with Gasteiger partial charge in [-0.2, -0.15) is 0 Å². The second kappa shape index (κ2) is 5.60. The Morgan fingerprint density at radius 1 is 1.50 bits per heavy atom. The van der Waals surface area contributed by atoms with Gasteiger partial charge >= 0.3 is 5.97 Å². The van der Waals surface area contributed by atoms with E-state index in [9.17, 15) is 4.79 Å². The number of carbonyl (C=O) groups is 1. The van der Waals surface area contributed by atoms with E-state index < -0.39 is 0 Å². The lowest BCUT2D eigenvalue weighted by Gasteiger charge is -2.50. The highest BCUT2D eigenvalue weighted by Gasteiger charge is 2.47. The molecule has 2 unspecified atom stereocenters. The summed E-state index contributed by atoms with van der Waals surface area (Å²) in [5.41, 5.74) is 5.96. The molecule has 0 amide bonds. The Kier molecular flexibility index (Phi) is 4.82. The Bertz CT molecular complexity index is 293. The van der Waals surface area contributed by atoms with E-state index in [-0.39, 0.29) is 16.9 Å². The highest BCUT2D eigenvalue weighted by molar-refractivity contribution is 5.70. The molecule has 0 radical (unpaired) electrons. The van der Waals surface area contributed by atoms with Crippen molar-refractivity contribution in [3.8, 4) is 0 Å². The van der Waals surface area contributed by atoms with Crippen molar-refractivity contribution in [2.24, 2.45) is 23.0 Å². The minimum atomic E-state index is -0.339. The van der Waals surface area contributed by atoms with Crippen LogP contribution < -0.4 is 5.73 Å². The fourth-order valence-corrected chi connectivity index (χ4v) is 3.30. The molecule has 18 heavy (non-hydrogen) atoms. The summed E-state index contributed by atoms with van der Waals surface area (Å²) in [6.45, 7) is 8.64. The molecule has 0 aromatic rings. The third-order valence-corrected chi connectivity index (χ3v) is 4.90. The lowest BCUT2D eigenvalue weighted by molar-refractivity contribution is -0.146. The zero-order chi connectivity index (χ0) is 14.0. The molecule has 106 valence electrons. The summed E-state index contributed by atoms with van der Waals surface area (Å²) in [5, 5.41) is 0. The maximum atomic E-state index is 11.7. The van der Waals surface area contributed by atoms with Gasteiger partial charge in [0.25, 0.3) is 0 Å². The summed E-state index contributed by atoms with van der Waals surface area (Å²) in [5.74, 6) is 1.20. The van der Waals surface area contributed by atoms with E-state index in [0.29, 0.717) is 18.3 Å². The van der Waals surface area contributed by atoms with Gasteiger partial charge in [0.1, 0.15) is 0 Å². The summed E-state index contributed by atoms with van der Waals surface area (Å²) >= 11 is 0. The maximum absolute atomic E-state index is 11.7. The van der Waals surface area contributed by atoms with Crippen LogP contribution in [0.5, 0.6) is 0 Å². The van der Waals surface area contributed by atoms with E-state index in [1.807, 2.05) is 0 Å². The topological polar surface area (TPSA) is 52.3 Å². The maximum Gasteiger partial charge on any atom is 0.306 e. The van der Waals surface area contributed by atoms with Crippen molar-refractivity contribution in [2.45, 2.75) is 65.3 Å². The number of hydrogen-bond donors (Lipinski definition) is 1. The SMILES string of the molecule is COC(=O)CC1(C(C)(C)N)CCCC(C(C)C)C1. The summed E-state index contributed by atoms with van der Waals surface area (Å²) < 4.78 is 4.87. The summed E-state index contributed by atoms with van der Waals surface area (Å²) in [7, 11) is 1.46. The van der Waals surface area contributed by atoms with Gasteiger partial charge in [-0.15, -0.1) is 0 Å². The molecule has 0 spiro atoms. The molecule has 0 saturated heterocycles. The lowest BCUT2D eigenvalue weighted by atomic mass is 9.57. The van der Waals surface area contributed by atoms with E-state index >= 15 is 0 Å². The first-order chi connectivity index (χ1) is 8.22. The van der Waals surface area contributed by atoms with Crippen molar-refractivity contribution in [3.63, 3.8) is 0 Å². The number of carbonyl (C=O) groups excluding carboxylic acids is 1. The Morgan fingerprint density at radius 3 is 2.56 bits per heavy atom. The molecule has 0 aliphatic heterocycles. The number of esters is 1. The van der Waals surface area contributed by atoms with Gasteiger partial charge in [-0.25, -0.2) is 0 Å². The van der Waals surface area contributed by atoms with Crippen LogP contribution in [0.1, 0.15) is 59.8 Å². The molecule has 2 atom stereocenters. The van der Waals surface area contributed by atoms with Gasteiger partial charge in [0.15, 0.2) is 0 Å². The van der Waals surface area contributed by atoms with Crippen LogP contribution >= 0.6 is 0 Å². The molecule has 0 aromatic heterocycles. The quantitative estimate of drug-likeness (QED) is 0.785. The minimum absolute atomic E-state index is 0.104. The van der Waals surface area contributed by atoms with E-state index in [0.717, 1.165) is 12.8 Å². The van der Waals surface area contributed by atoms with Crippen LogP contribution in [0.2, 0.25) is 0 Å². The van der Waals surface area contributed by atoms with Gasteiger partial charge in [0.05, 0.1) is 13.5 Å². The van der Waals surface area contributed by atoms with Crippen LogP contribution in [-0.4, -0.2) is 18.6 Å². The predicted octanol–water partition coefficient (Wildman–Crippen LogP) is 3.12. The zero-order valence-electron chi connectivity index (χ0n) is 12.6. The zero-order valence-corrected chi connectivity index (χ0v) is 12.6. The molecule has 0 heterocycles. The molecule has 1 saturated carbocycles. The van der Waals surface area contributed by atoms with Crippen molar-refractivity contribution in [1.82, 2.24) is 0 Å². The molecule has 0 bridgehead atoms. The van der Waals surface area contributed by atoms with Crippen LogP contribution in [0.25, 0.3) is 0 Å². The highest BCUT2D eigenvalue weighted by atomic mass is 16.5. The molecule has 2 N–H and O–H groups in total. The van der Waals surface area contributed by atoms with Gasteiger partial charge in [0, 0.05) is 5.54 Å². The summed E-state index contributed by atoms with van der Waals surface area (Å²) in [4.78, 5) is 11.7. The fraction of sp³-hybridized carbons (Fsp3) is 0.933. The molecule has 1 aliphatic rings. The monoisotopic (exact) mass is 255 g/mol. The molecule has 0 aromatic carbocycles. The largest absolute Gasteiger partial charge is 0.469 e. The molecular weight excluding hydrogens is 226 g/mol. The van der Waals surface area contributed by atoms with Gasteiger partial charge < -0.3 is 10.5 Å². The van der Waals surface area contributed by atoms with E-state index in [1.54, 1.807) is 0 Å². The van der Waals surface area contributed by atoms with Crippen molar-refractivity contribution in [1.29, 1.82) is 0 Å². The van der Waals surface area contributed by atoms with Crippen LogP contribution in [0.15, 0.2) is 0 Å². The van der Waals surface area contributed by atoms with E-state index in [1.165, 1.54) is 20.0 Å². The third-order valence-electron chi connectivity index (χ3n) is 4.90. The Hall–Kier alpha value is -0.570. The average molecular weight is 255 g/mol. The van der Waals surface area contributed by atoms with Gasteiger partial charge in [-0.1, -0.05) is 26.7 Å². The van der Waals surface area contributed by atoms with Crippen molar-refractivity contribution in [3.05, 3.63) is 0 Å². The molecule has 1 rings (SSSR count). The van der Waals surface area contributed by atoms with Crippen molar-refractivity contribution >= 4 is 5.97 Å². The highest BCUT2D eigenvalue weighted by Crippen LogP contribution is 2.50. The Balaban J connectivity index is 2.94. The second-order valence-corrected chi connectivity index (χ2v) is 6.86. The average Bonchev–Trinajstić information content (AvgIpc) is 2.27.